The second kappa shape index (κ2) is 4.04. The van der Waals surface area contributed by atoms with E-state index in [-0.39, 0.29) is 0 Å². The summed E-state index contributed by atoms with van der Waals surface area (Å²) in [6.45, 7) is 11.6. The Hall–Kier alpha value is -1.37. The Morgan fingerprint density at radius 1 is 1.46 bits per heavy atom. The van der Waals surface area contributed by atoms with Crippen molar-refractivity contribution >= 4 is 18.0 Å². The Morgan fingerprint density at radius 3 is 2.62 bits per heavy atom. The summed E-state index contributed by atoms with van der Waals surface area (Å²) in [6.07, 6.45) is 1.03. The third kappa shape index (κ3) is 2.05. The highest BCUT2D eigenvalue weighted by Crippen LogP contribution is 2.26. The molecular weight excluding hydrogens is 158 g/mol. The van der Waals surface area contributed by atoms with Crippen LogP contribution in [-0.2, 0) is 6.42 Å². The van der Waals surface area contributed by atoms with Crippen molar-refractivity contribution in [2.24, 2.45) is 4.99 Å². The average molecular weight is 173 g/mol. The van der Waals surface area contributed by atoms with E-state index in [1.165, 1.54) is 5.56 Å². The van der Waals surface area contributed by atoms with Crippen molar-refractivity contribution in [3.8, 4) is 0 Å². The van der Waals surface area contributed by atoms with Gasteiger partial charge in [0.15, 0.2) is 0 Å². The lowest BCUT2D eigenvalue weighted by Gasteiger charge is -2.06. The maximum Gasteiger partial charge on any atom is 0.0699 e. The fraction of sp³-hybridized carbons (Fsp3) is 0.250. The molecule has 1 nitrogen and oxygen atoms in total. The van der Waals surface area contributed by atoms with Gasteiger partial charge in [-0.2, -0.15) is 0 Å². The highest BCUT2D eigenvalue weighted by atomic mass is 14.7. The van der Waals surface area contributed by atoms with Gasteiger partial charge >= 0.3 is 0 Å². The molecule has 0 heterocycles. The van der Waals surface area contributed by atoms with Gasteiger partial charge in [-0.15, -0.1) is 0 Å². The van der Waals surface area contributed by atoms with Gasteiger partial charge in [-0.25, -0.2) is 0 Å². The molecule has 1 rings (SSSR count). The van der Waals surface area contributed by atoms with E-state index in [0.717, 1.165) is 23.2 Å². The molecule has 0 saturated heterocycles. The lowest BCUT2D eigenvalue weighted by molar-refractivity contribution is 1.14. The Bertz CT molecular complexity index is 337. The summed E-state index contributed by atoms with van der Waals surface area (Å²) in [5, 5.41) is 0. The van der Waals surface area contributed by atoms with E-state index in [2.05, 4.69) is 43.4 Å². The second-order valence-corrected chi connectivity index (χ2v) is 3.14. The van der Waals surface area contributed by atoms with E-state index in [1.807, 2.05) is 6.92 Å². The smallest absolute Gasteiger partial charge is 0.0699 e. The van der Waals surface area contributed by atoms with Crippen molar-refractivity contribution in [3.05, 3.63) is 35.9 Å². The molecule has 1 heteroatoms. The number of hydrogen-bond acceptors (Lipinski definition) is 1. The monoisotopic (exact) mass is 173 g/mol. The fourth-order valence-electron chi connectivity index (χ4n) is 1.29. The standard InChI is InChI=1S/C12H15N/c1-5-10-6-7-11(9(2)3)12(8-10)13-4/h6-8H,2,4-5H2,1,3H3. The van der Waals surface area contributed by atoms with Gasteiger partial charge in [0.05, 0.1) is 5.69 Å². The van der Waals surface area contributed by atoms with Gasteiger partial charge in [-0.1, -0.05) is 25.6 Å². The first-order valence-corrected chi connectivity index (χ1v) is 4.44. The quantitative estimate of drug-likeness (QED) is 0.619. The largest absolute Gasteiger partial charge is 0.264 e. The van der Waals surface area contributed by atoms with E-state index in [9.17, 15) is 0 Å². The van der Waals surface area contributed by atoms with E-state index < -0.39 is 0 Å². The molecule has 0 spiro atoms. The normalized spacial score (nSPS) is 9.69. The fourth-order valence-corrected chi connectivity index (χ4v) is 1.29. The molecule has 0 N–H and O–H groups in total. The van der Waals surface area contributed by atoms with Gasteiger partial charge in [-0.3, -0.25) is 4.99 Å². The van der Waals surface area contributed by atoms with E-state index >= 15 is 0 Å². The van der Waals surface area contributed by atoms with Gasteiger partial charge in [0.2, 0.25) is 0 Å². The molecule has 0 amide bonds. The van der Waals surface area contributed by atoms with E-state index in [1.54, 1.807) is 0 Å². The molecule has 0 aromatic heterocycles. The first kappa shape index (κ1) is 9.72. The van der Waals surface area contributed by atoms with Crippen LogP contribution in [0.25, 0.3) is 5.57 Å². The number of benzene rings is 1. The summed E-state index contributed by atoms with van der Waals surface area (Å²) in [4.78, 5) is 3.99. The molecule has 13 heavy (non-hydrogen) atoms. The SMILES string of the molecule is C=Nc1cc(CC)ccc1C(=C)C. The summed E-state index contributed by atoms with van der Waals surface area (Å²) < 4.78 is 0. The van der Waals surface area contributed by atoms with Crippen LogP contribution >= 0.6 is 0 Å². The molecule has 0 bridgehead atoms. The predicted molar refractivity (Wildman–Crippen MR) is 59.7 cm³/mol. The van der Waals surface area contributed by atoms with Crippen LogP contribution < -0.4 is 0 Å². The third-order valence-electron chi connectivity index (χ3n) is 2.10. The zero-order valence-corrected chi connectivity index (χ0v) is 8.30. The highest BCUT2D eigenvalue weighted by molar-refractivity contribution is 5.73. The molecule has 68 valence electrons. The lowest BCUT2D eigenvalue weighted by Crippen LogP contribution is -1.84. The number of nitrogens with zero attached hydrogens (tertiary/aromatic N) is 1. The topological polar surface area (TPSA) is 12.4 Å². The molecular formula is C12H15N. The van der Waals surface area contributed by atoms with Gasteiger partial charge in [-0.05, 0) is 37.3 Å². The van der Waals surface area contributed by atoms with E-state index in [4.69, 9.17) is 0 Å². The Balaban J connectivity index is 3.23. The zero-order valence-electron chi connectivity index (χ0n) is 8.30. The Morgan fingerprint density at radius 2 is 2.15 bits per heavy atom. The van der Waals surface area contributed by atoms with Crippen LogP contribution in [0.15, 0.2) is 29.8 Å². The molecule has 0 fully saturated rings. The number of hydrogen-bond donors (Lipinski definition) is 0. The van der Waals surface area contributed by atoms with Crippen molar-refractivity contribution in [1.82, 2.24) is 0 Å². The number of aliphatic imine (C=N–C) groups is 1. The summed E-state index contributed by atoms with van der Waals surface area (Å²) in [5.74, 6) is 0. The Kier molecular flexibility index (Phi) is 3.02. The summed E-state index contributed by atoms with van der Waals surface area (Å²) in [6, 6.07) is 6.24. The number of aryl methyl sites for hydroxylation is 1. The van der Waals surface area contributed by atoms with Gasteiger partial charge < -0.3 is 0 Å². The molecule has 0 radical (unpaired) electrons. The molecule has 1 aromatic rings. The first-order chi connectivity index (χ1) is 6.19. The van der Waals surface area contributed by atoms with Crippen LogP contribution in [0.1, 0.15) is 25.0 Å². The van der Waals surface area contributed by atoms with Crippen LogP contribution in [0, 0.1) is 0 Å². The minimum atomic E-state index is 0.937. The van der Waals surface area contributed by atoms with Crippen LogP contribution in [0.2, 0.25) is 0 Å². The van der Waals surface area contributed by atoms with E-state index in [0.29, 0.717) is 0 Å². The van der Waals surface area contributed by atoms with Gasteiger partial charge in [0.25, 0.3) is 0 Å². The van der Waals surface area contributed by atoms with Crippen LogP contribution in [0.3, 0.4) is 0 Å². The molecule has 0 unspecified atom stereocenters. The predicted octanol–water partition coefficient (Wildman–Crippen LogP) is 3.61. The summed E-state index contributed by atoms with van der Waals surface area (Å²) in [7, 11) is 0. The van der Waals surface area contributed by atoms with Crippen molar-refractivity contribution < 1.29 is 0 Å². The molecule has 0 aliphatic heterocycles. The summed E-state index contributed by atoms with van der Waals surface area (Å²) in [5.41, 5.74) is 4.34. The molecule has 1 aromatic carbocycles. The van der Waals surface area contributed by atoms with Crippen molar-refractivity contribution in [2.75, 3.05) is 0 Å². The van der Waals surface area contributed by atoms with Gasteiger partial charge in [0.1, 0.15) is 0 Å². The number of rotatable bonds is 3. The maximum atomic E-state index is 3.99. The van der Waals surface area contributed by atoms with Crippen molar-refractivity contribution in [2.45, 2.75) is 20.3 Å². The van der Waals surface area contributed by atoms with Crippen LogP contribution in [0.5, 0.6) is 0 Å². The molecule has 0 saturated carbocycles. The molecule has 0 aliphatic rings. The van der Waals surface area contributed by atoms with Crippen molar-refractivity contribution in [3.63, 3.8) is 0 Å². The minimum Gasteiger partial charge on any atom is -0.264 e. The second-order valence-electron chi connectivity index (χ2n) is 3.14. The summed E-state index contributed by atoms with van der Waals surface area (Å²) >= 11 is 0. The van der Waals surface area contributed by atoms with Crippen LogP contribution in [0.4, 0.5) is 5.69 Å². The van der Waals surface area contributed by atoms with Crippen molar-refractivity contribution in [1.29, 1.82) is 0 Å². The lowest BCUT2D eigenvalue weighted by atomic mass is 10.0. The highest BCUT2D eigenvalue weighted by Gasteiger charge is 2.01. The number of allylic oxidation sites excluding steroid dienone is 1. The Labute approximate surface area is 79.8 Å². The van der Waals surface area contributed by atoms with Crippen LogP contribution in [-0.4, -0.2) is 6.72 Å². The molecule has 0 aliphatic carbocycles. The third-order valence-corrected chi connectivity index (χ3v) is 2.10. The average Bonchev–Trinajstić information content (AvgIpc) is 2.16. The first-order valence-electron chi connectivity index (χ1n) is 4.44. The molecule has 0 atom stereocenters. The minimum absolute atomic E-state index is 0.937. The zero-order chi connectivity index (χ0) is 9.84. The maximum absolute atomic E-state index is 3.99. The van der Waals surface area contributed by atoms with Gasteiger partial charge in [0, 0.05) is 5.56 Å².